The molecule has 0 spiro atoms. The molecule has 1 amide bonds. The van der Waals surface area contributed by atoms with Crippen molar-refractivity contribution >= 4 is 5.91 Å². The third-order valence-corrected chi connectivity index (χ3v) is 4.43. The molecule has 0 bridgehead atoms. The van der Waals surface area contributed by atoms with E-state index in [9.17, 15) is 4.79 Å². The van der Waals surface area contributed by atoms with Crippen molar-refractivity contribution in [1.29, 1.82) is 0 Å². The molecule has 1 unspecified atom stereocenters. The van der Waals surface area contributed by atoms with Crippen LogP contribution in [0.1, 0.15) is 52.9 Å². The maximum absolute atomic E-state index is 12.5. The van der Waals surface area contributed by atoms with E-state index in [-0.39, 0.29) is 0 Å². The molecule has 3 nitrogen and oxygen atoms in total. The number of likely N-dealkylation sites (tertiary alicyclic amines) is 1. The summed E-state index contributed by atoms with van der Waals surface area (Å²) in [5, 5.41) is 0. The van der Waals surface area contributed by atoms with Crippen LogP contribution in [0, 0.1) is 5.92 Å². The van der Waals surface area contributed by atoms with Crippen LogP contribution in [0.15, 0.2) is 0 Å². The lowest BCUT2D eigenvalue weighted by molar-refractivity contribution is -0.136. The molecule has 1 heterocycles. The van der Waals surface area contributed by atoms with Crippen molar-refractivity contribution in [3.05, 3.63) is 0 Å². The van der Waals surface area contributed by atoms with Gasteiger partial charge in [-0.25, -0.2) is 0 Å². The van der Waals surface area contributed by atoms with E-state index in [2.05, 4.69) is 30.6 Å². The van der Waals surface area contributed by atoms with Crippen molar-refractivity contribution in [2.45, 2.75) is 65.0 Å². The number of hydrogen-bond donors (Lipinski definition) is 0. The molecule has 1 saturated carbocycles. The molecule has 0 aromatic carbocycles. The smallest absolute Gasteiger partial charge is 0.237 e. The minimum Gasteiger partial charge on any atom is -0.336 e. The maximum Gasteiger partial charge on any atom is 0.237 e. The molecule has 2 fully saturated rings. The van der Waals surface area contributed by atoms with Crippen molar-refractivity contribution in [3.63, 3.8) is 0 Å². The molecule has 2 rings (SSSR count). The monoisotopic (exact) mass is 252 g/mol. The van der Waals surface area contributed by atoms with Crippen LogP contribution < -0.4 is 0 Å². The van der Waals surface area contributed by atoms with Crippen LogP contribution in [-0.2, 0) is 4.79 Å². The lowest BCUT2D eigenvalue weighted by atomic mass is 10.1. The minimum absolute atomic E-state index is 0.348. The number of hydrogen-bond acceptors (Lipinski definition) is 2. The molecule has 104 valence electrons. The number of carbonyl (C=O) groups excluding carboxylic acids is 1. The lowest BCUT2D eigenvalue weighted by Gasteiger charge is -2.34. The van der Waals surface area contributed by atoms with Gasteiger partial charge in [0.25, 0.3) is 0 Å². The second-order valence-corrected chi connectivity index (χ2v) is 6.46. The quantitative estimate of drug-likeness (QED) is 0.767. The Bertz CT molecular complexity index is 284. The molecule has 3 heteroatoms. The van der Waals surface area contributed by atoms with Gasteiger partial charge < -0.3 is 4.90 Å². The summed E-state index contributed by atoms with van der Waals surface area (Å²) in [6.45, 7) is 9.43. The Morgan fingerprint density at radius 1 is 1.28 bits per heavy atom. The SMILES string of the molecule is CC1CCN(CC(=O)N(C(C)C)C2CCCC2)C1. The fourth-order valence-corrected chi connectivity index (χ4v) is 3.54. The first-order valence-electron chi connectivity index (χ1n) is 7.61. The van der Waals surface area contributed by atoms with E-state index >= 15 is 0 Å². The summed E-state index contributed by atoms with van der Waals surface area (Å²) in [5.41, 5.74) is 0. The van der Waals surface area contributed by atoms with E-state index in [0.717, 1.165) is 19.0 Å². The summed E-state index contributed by atoms with van der Waals surface area (Å²) in [6, 6.07) is 0.859. The number of amides is 1. The maximum atomic E-state index is 12.5. The number of carbonyl (C=O) groups is 1. The van der Waals surface area contributed by atoms with E-state index in [0.29, 0.717) is 24.5 Å². The third kappa shape index (κ3) is 3.25. The van der Waals surface area contributed by atoms with E-state index in [1.54, 1.807) is 0 Å². The van der Waals surface area contributed by atoms with E-state index in [1.807, 2.05) is 0 Å². The summed E-state index contributed by atoms with van der Waals surface area (Å²) < 4.78 is 0. The largest absolute Gasteiger partial charge is 0.336 e. The molecule has 1 aliphatic heterocycles. The predicted molar refractivity (Wildman–Crippen MR) is 74.5 cm³/mol. The molecule has 0 radical (unpaired) electrons. The lowest BCUT2D eigenvalue weighted by Crippen LogP contribution is -2.47. The Balaban J connectivity index is 1.91. The van der Waals surface area contributed by atoms with Crippen LogP contribution in [0.4, 0.5) is 0 Å². The topological polar surface area (TPSA) is 23.6 Å². The molecular weight excluding hydrogens is 224 g/mol. The number of nitrogens with zero attached hydrogens (tertiary/aromatic N) is 2. The summed E-state index contributed by atoms with van der Waals surface area (Å²) >= 11 is 0. The van der Waals surface area contributed by atoms with Crippen LogP contribution >= 0.6 is 0 Å². The Morgan fingerprint density at radius 3 is 2.44 bits per heavy atom. The van der Waals surface area contributed by atoms with Crippen LogP contribution in [0.5, 0.6) is 0 Å². The molecule has 0 N–H and O–H groups in total. The van der Waals surface area contributed by atoms with Gasteiger partial charge in [0.05, 0.1) is 6.54 Å². The van der Waals surface area contributed by atoms with Crippen LogP contribution in [0.2, 0.25) is 0 Å². The van der Waals surface area contributed by atoms with Crippen molar-refractivity contribution in [2.75, 3.05) is 19.6 Å². The second kappa shape index (κ2) is 6.05. The highest BCUT2D eigenvalue weighted by Crippen LogP contribution is 2.25. The first kappa shape index (κ1) is 13.9. The molecule has 18 heavy (non-hydrogen) atoms. The van der Waals surface area contributed by atoms with Gasteiger partial charge in [0, 0.05) is 18.6 Å². The standard InChI is InChI=1S/C15H28N2O/c1-12(2)17(14-6-4-5-7-14)15(18)11-16-9-8-13(3)10-16/h12-14H,4-11H2,1-3H3. The fraction of sp³-hybridized carbons (Fsp3) is 0.933. The zero-order valence-corrected chi connectivity index (χ0v) is 12.2. The van der Waals surface area contributed by atoms with Gasteiger partial charge in [0.15, 0.2) is 0 Å². The van der Waals surface area contributed by atoms with Gasteiger partial charge in [0.1, 0.15) is 0 Å². The van der Waals surface area contributed by atoms with E-state index in [1.165, 1.54) is 32.1 Å². The number of rotatable bonds is 4. The summed E-state index contributed by atoms with van der Waals surface area (Å²) in [4.78, 5) is 17.0. The van der Waals surface area contributed by atoms with E-state index < -0.39 is 0 Å². The Hall–Kier alpha value is -0.570. The average Bonchev–Trinajstić information content (AvgIpc) is 2.90. The minimum atomic E-state index is 0.348. The Labute approximate surface area is 112 Å². The predicted octanol–water partition coefficient (Wildman–Crippen LogP) is 2.51. The highest BCUT2D eigenvalue weighted by Gasteiger charge is 2.30. The van der Waals surface area contributed by atoms with Crippen LogP contribution in [0.3, 0.4) is 0 Å². The zero-order valence-electron chi connectivity index (χ0n) is 12.2. The van der Waals surface area contributed by atoms with Crippen LogP contribution in [0.25, 0.3) is 0 Å². The molecule has 1 saturated heterocycles. The molecule has 2 aliphatic rings. The highest BCUT2D eigenvalue weighted by atomic mass is 16.2. The van der Waals surface area contributed by atoms with Gasteiger partial charge in [-0.05, 0) is 45.6 Å². The van der Waals surface area contributed by atoms with Gasteiger partial charge >= 0.3 is 0 Å². The third-order valence-electron chi connectivity index (χ3n) is 4.43. The molecule has 0 aromatic rings. The molecule has 0 aromatic heterocycles. The Kier molecular flexibility index (Phi) is 4.66. The second-order valence-electron chi connectivity index (χ2n) is 6.46. The van der Waals surface area contributed by atoms with Gasteiger partial charge in [-0.3, -0.25) is 9.69 Å². The first-order valence-corrected chi connectivity index (χ1v) is 7.61. The van der Waals surface area contributed by atoms with Crippen molar-refractivity contribution < 1.29 is 4.79 Å². The summed E-state index contributed by atoms with van der Waals surface area (Å²) in [6.07, 6.45) is 6.25. The van der Waals surface area contributed by atoms with Crippen LogP contribution in [-0.4, -0.2) is 47.4 Å². The highest BCUT2D eigenvalue weighted by molar-refractivity contribution is 5.79. The molecular formula is C15H28N2O. The normalized spacial score (nSPS) is 26.1. The molecule has 1 atom stereocenters. The average molecular weight is 252 g/mol. The van der Waals surface area contributed by atoms with Gasteiger partial charge in [0.2, 0.25) is 5.91 Å². The van der Waals surface area contributed by atoms with Crippen molar-refractivity contribution in [3.8, 4) is 0 Å². The van der Waals surface area contributed by atoms with Gasteiger partial charge in [-0.2, -0.15) is 0 Å². The van der Waals surface area contributed by atoms with E-state index in [4.69, 9.17) is 0 Å². The first-order chi connectivity index (χ1) is 8.58. The van der Waals surface area contributed by atoms with Crippen molar-refractivity contribution in [2.24, 2.45) is 5.92 Å². The molecule has 1 aliphatic carbocycles. The van der Waals surface area contributed by atoms with Gasteiger partial charge in [-0.15, -0.1) is 0 Å². The van der Waals surface area contributed by atoms with Crippen molar-refractivity contribution in [1.82, 2.24) is 9.80 Å². The summed E-state index contributed by atoms with van der Waals surface area (Å²) in [5.74, 6) is 1.11. The zero-order chi connectivity index (χ0) is 13.1. The summed E-state index contributed by atoms with van der Waals surface area (Å²) in [7, 11) is 0. The van der Waals surface area contributed by atoms with Gasteiger partial charge in [-0.1, -0.05) is 19.8 Å². The fourth-order valence-electron chi connectivity index (χ4n) is 3.54. The Morgan fingerprint density at radius 2 is 1.94 bits per heavy atom.